The fourth-order valence-corrected chi connectivity index (χ4v) is 1.36. The fraction of sp³-hybridized carbons (Fsp3) is 1.00. The van der Waals surface area contributed by atoms with Crippen LogP contribution in [0, 0.1) is 0 Å². The summed E-state index contributed by atoms with van der Waals surface area (Å²) in [5.74, 6) is 0. The molecule has 0 aromatic rings. The summed E-state index contributed by atoms with van der Waals surface area (Å²) in [6, 6.07) is 0. The molecule has 0 aromatic carbocycles. The van der Waals surface area contributed by atoms with Crippen LogP contribution in [0.1, 0.15) is 0 Å². The second-order valence-corrected chi connectivity index (χ2v) is 3.91. The van der Waals surface area contributed by atoms with Gasteiger partial charge in [0.05, 0.1) is 0 Å². The van der Waals surface area contributed by atoms with E-state index in [2.05, 4.69) is 35.8 Å². The van der Waals surface area contributed by atoms with Crippen molar-refractivity contribution in [2.24, 2.45) is 0 Å². The van der Waals surface area contributed by atoms with Gasteiger partial charge in [0.25, 0.3) is 0 Å². The van der Waals surface area contributed by atoms with E-state index in [1.165, 1.54) is 39.3 Å². The second-order valence-electron chi connectivity index (χ2n) is 3.91. The summed E-state index contributed by atoms with van der Waals surface area (Å²) in [6.45, 7) is 7.19. The van der Waals surface area contributed by atoms with Crippen molar-refractivity contribution in [3.05, 3.63) is 0 Å². The third-order valence-corrected chi connectivity index (χ3v) is 2.59. The molecule has 0 spiro atoms. The van der Waals surface area contributed by atoms with Crippen molar-refractivity contribution in [1.82, 2.24) is 14.7 Å². The molecule has 4 heteroatoms. The van der Waals surface area contributed by atoms with Gasteiger partial charge >= 0.3 is 0 Å². The summed E-state index contributed by atoms with van der Waals surface area (Å²) in [6.07, 6.45) is 0. The molecular formula is C9H21FeN3. The molecule has 0 aromatic heterocycles. The van der Waals surface area contributed by atoms with Crippen molar-refractivity contribution >= 4 is 0 Å². The molecule has 1 saturated heterocycles. The van der Waals surface area contributed by atoms with Gasteiger partial charge in [0.2, 0.25) is 0 Å². The predicted molar refractivity (Wildman–Crippen MR) is 52.5 cm³/mol. The number of nitrogens with zero attached hydrogens (tertiary/aromatic N) is 3. The first-order valence-corrected chi connectivity index (χ1v) is 4.74. The maximum absolute atomic E-state index is 2.40. The third-order valence-electron chi connectivity index (χ3n) is 2.59. The maximum atomic E-state index is 2.40. The molecule has 0 radical (unpaired) electrons. The zero-order chi connectivity index (χ0) is 8.97. The summed E-state index contributed by atoms with van der Waals surface area (Å²) >= 11 is 0. The van der Waals surface area contributed by atoms with Crippen molar-refractivity contribution in [2.75, 3.05) is 60.4 Å². The minimum Gasteiger partial charge on any atom is -0.304 e. The zero-order valence-electron chi connectivity index (χ0n) is 8.94. The van der Waals surface area contributed by atoms with Crippen molar-refractivity contribution in [1.29, 1.82) is 0 Å². The normalized spacial score (nSPS) is 24.2. The van der Waals surface area contributed by atoms with Gasteiger partial charge in [-0.3, -0.25) is 0 Å². The molecule has 1 aliphatic rings. The predicted octanol–water partition coefficient (Wildman–Crippen LogP) is -0.207. The quantitative estimate of drug-likeness (QED) is 0.530. The van der Waals surface area contributed by atoms with E-state index in [0.29, 0.717) is 0 Å². The van der Waals surface area contributed by atoms with Crippen LogP contribution < -0.4 is 0 Å². The molecule has 0 aliphatic carbocycles. The average molecular weight is 227 g/mol. The smallest absolute Gasteiger partial charge is 0.0107 e. The Hall–Kier alpha value is 0.399. The van der Waals surface area contributed by atoms with Crippen molar-refractivity contribution in [3.8, 4) is 0 Å². The van der Waals surface area contributed by atoms with Crippen LogP contribution >= 0.6 is 0 Å². The Morgan fingerprint density at radius 1 is 0.538 bits per heavy atom. The van der Waals surface area contributed by atoms with Gasteiger partial charge in [0, 0.05) is 56.3 Å². The van der Waals surface area contributed by atoms with Crippen LogP contribution in [0.15, 0.2) is 0 Å². The first kappa shape index (κ1) is 13.4. The SMILES string of the molecule is CN1CCN(C)CCN(C)CC1.[Fe]. The molecule has 1 aliphatic heterocycles. The van der Waals surface area contributed by atoms with Crippen molar-refractivity contribution < 1.29 is 17.1 Å². The van der Waals surface area contributed by atoms with Crippen molar-refractivity contribution in [2.45, 2.75) is 0 Å². The van der Waals surface area contributed by atoms with Gasteiger partial charge in [0.1, 0.15) is 0 Å². The van der Waals surface area contributed by atoms with E-state index in [1.54, 1.807) is 0 Å². The zero-order valence-corrected chi connectivity index (χ0v) is 10.0. The first-order chi connectivity index (χ1) is 5.68. The molecule has 0 N–H and O–H groups in total. The Morgan fingerprint density at radius 3 is 0.846 bits per heavy atom. The van der Waals surface area contributed by atoms with E-state index in [4.69, 9.17) is 0 Å². The molecular weight excluding hydrogens is 206 g/mol. The van der Waals surface area contributed by atoms with E-state index < -0.39 is 0 Å². The molecule has 0 bridgehead atoms. The second kappa shape index (κ2) is 6.79. The van der Waals surface area contributed by atoms with Gasteiger partial charge < -0.3 is 14.7 Å². The first-order valence-electron chi connectivity index (χ1n) is 4.74. The van der Waals surface area contributed by atoms with E-state index >= 15 is 0 Å². The van der Waals surface area contributed by atoms with Crippen LogP contribution in [0.4, 0.5) is 0 Å². The average Bonchev–Trinajstić information content (AvgIpc) is 2.11. The Labute approximate surface area is 92.5 Å². The van der Waals surface area contributed by atoms with Crippen LogP contribution in [0.2, 0.25) is 0 Å². The van der Waals surface area contributed by atoms with Gasteiger partial charge in [-0.05, 0) is 21.1 Å². The molecule has 1 heterocycles. The van der Waals surface area contributed by atoms with E-state index in [1.807, 2.05) is 0 Å². The van der Waals surface area contributed by atoms with Crippen LogP contribution in [0.25, 0.3) is 0 Å². The van der Waals surface area contributed by atoms with Gasteiger partial charge in [-0.15, -0.1) is 0 Å². The van der Waals surface area contributed by atoms with Gasteiger partial charge in [0.15, 0.2) is 0 Å². The minimum absolute atomic E-state index is 0. The van der Waals surface area contributed by atoms with Crippen LogP contribution in [-0.4, -0.2) is 75.1 Å². The largest absolute Gasteiger partial charge is 0.304 e. The molecule has 0 unspecified atom stereocenters. The molecule has 0 amide bonds. The summed E-state index contributed by atoms with van der Waals surface area (Å²) in [5, 5.41) is 0. The molecule has 13 heavy (non-hydrogen) atoms. The molecule has 0 atom stereocenters. The molecule has 3 nitrogen and oxygen atoms in total. The van der Waals surface area contributed by atoms with Crippen LogP contribution in [0.3, 0.4) is 0 Å². The number of rotatable bonds is 0. The summed E-state index contributed by atoms with van der Waals surface area (Å²) < 4.78 is 0. The van der Waals surface area contributed by atoms with Gasteiger partial charge in [-0.2, -0.15) is 0 Å². The summed E-state index contributed by atoms with van der Waals surface area (Å²) in [5.41, 5.74) is 0. The topological polar surface area (TPSA) is 9.72 Å². The van der Waals surface area contributed by atoms with Crippen LogP contribution in [-0.2, 0) is 17.1 Å². The van der Waals surface area contributed by atoms with Crippen molar-refractivity contribution in [3.63, 3.8) is 0 Å². The maximum Gasteiger partial charge on any atom is 0.0107 e. The Bertz CT molecular complexity index is 96.3. The summed E-state index contributed by atoms with van der Waals surface area (Å²) in [7, 11) is 6.60. The molecule has 0 saturated carbocycles. The van der Waals surface area contributed by atoms with E-state index in [0.717, 1.165) is 0 Å². The van der Waals surface area contributed by atoms with Crippen LogP contribution in [0.5, 0.6) is 0 Å². The Kier molecular flexibility index (Phi) is 7.00. The molecule has 80 valence electrons. The monoisotopic (exact) mass is 227 g/mol. The summed E-state index contributed by atoms with van der Waals surface area (Å²) in [4.78, 5) is 7.20. The fourth-order valence-electron chi connectivity index (χ4n) is 1.36. The van der Waals surface area contributed by atoms with E-state index in [9.17, 15) is 0 Å². The minimum atomic E-state index is 0. The number of likely N-dealkylation sites (N-methyl/N-ethyl adjacent to an activating group) is 3. The number of hydrogen-bond donors (Lipinski definition) is 0. The Morgan fingerprint density at radius 2 is 0.692 bits per heavy atom. The molecule has 1 rings (SSSR count). The third kappa shape index (κ3) is 5.65. The molecule has 1 fully saturated rings. The Balaban J connectivity index is 0.00000144. The van der Waals surface area contributed by atoms with E-state index in [-0.39, 0.29) is 17.1 Å². The number of hydrogen-bond acceptors (Lipinski definition) is 3. The standard InChI is InChI=1S/C9H21N3.Fe/c1-10-4-6-11(2)8-9-12(3)7-5-10;/h4-9H2,1-3H3;. The van der Waals surface area contributed by atoms with Gasteiger partial charge in [-0.1, -0.05) is 0 Å². The van der Waals surface area contributed by atoms with Gasteiger partial charge in [-0.25, -0.2) is 0 Å².